The topological polar surface area (TPSA) is 58.2 Å². The molecule has 0 bridgehead atoms. The quantitative estimate of drug-likeness (QED) is 0.605. The zero-order valence-electron chi connectivity index (χ0n) is 15.3. The lowest BCUT2D eigenvalue weighted by Crippen LogP contribution is -2.13. The Morgan fingerprint density at radius 2 is 0.893 bits per heavy atom. The van der Waals surface area contributed by atoms with Gasteiger partial charge in [0, 0.05) is 22.5 Å². The maximum absolute atomic E-state index is 12.3. The normalized spacial score (nSPS) is 10.0. The monoisotopic (exact) mass is 368 g/mol. The maximum atomic E-state index is 12.3. The summed E-state index contributed by atoms with van der Waals surface area (Å²) in [6.45, 7) is 7.39. The molecular formula is C24H20N2O2. The molecule has 28 heavy (non-hydrogen) atoms. The molecule has 4 nitrogen and oxygen atoms in total. The first-order valence-electron chi connectivity index (χ1n) is 8.77. The largest absolute Gasteiger partial charge is 0.322 e. The van der Waals surface area contributed by atoms with Crippen molar-refractivity contribution in [2.24, 2.45) is 0 Å². The fraction of sp³-hybridized carbons (Fsp3) is 0. The number of nitrogens with one attached hydrogen (secondary N) is 2. The number of hydrogen-bond donors (Lipinski definition) is 2. The predicted octanol–water partition coefficient (Wildman–Crippen LogP) is 5.48. The van der Waals surface area contributed by atoms with Gasteiger partial charge < -0.3 is 10.6 Å². The highest BCUT2D eigenvalue weighted by Crippen LogP contribution is 2.16. The Kier molecular flexibility index (Phi) is 5.82. The van der Waals surface area contributed by atoms with E-state index in [-0.39, 0.29) is 11.8 Å². The molecule has 0 heterocycles. The molecule has 3 aromatic rings. The molecule has 0 fully saturated rings. The fourth-order valence-corrected chi connectivity index (χ4v) is 2.58. The van der Waals surface area contributed by atoms with Gasteiger partial charge in [0.1, 0.15) is 0 Å². The first-order valence-corrected chi connectivity index (χ1v) is 8.77. The van der Waals surface area contributed by atoms with E-state index in [0.29, 0.717) is 22.5 Å². The van der Waals surface area contributed by atoms with Crippen LogP contribution in [0.3, 0.4) is 0 Å². The second-order valence-electron chi connectivity index (χ2n) is 6.14. The van der Waals surface area contributed by atoms with E-state index in [1.807, 2.05) is 24.3 Å². The molecule has 2 N–H and O–H groups in total. The third kappa shape index (κ3) is 4.62. The van der Waals surface area contributed by atoms with Crippen LogP contribution in [0.5, 0.6) is 0 Å². The van der Waals surface area contributed by atoms with Crippen LogP contribution >= 0.6 is 0 Å². The molecule has 0 unspecified atom stereocenters. The Balaban J connectivity index is 1.62. The van der Waals surface area contributed by atoms with Gasteiger partial charge in [0.05, 0.1) is 0 Å². The maximum Gasteiger partial charge on any atom is 0.255 e. The Bertz CT molecular complexity index is 917. The van der Waals surface area contributed by atoms with E-state index < -0.39 is 0 Å². The molecular weight excluding hydrogens is 348 g/mol. The van der Waals surface area contributed by atoms with Gasteiger partial charge in [-0.15, -0.1) is 0 Å². The van der Waals surface area contributed by atoms with Crippen LogP contribution < -0.4 is 10.6 Å². The Morgan fingerprint density at radius 3 is 1.18 bits per heavy atom. The third-order valence-electron chi connectivity index (χ3n) is 4.22. The minimum Gasteiger partial charge on any atom is -0.322 e. The third-order valence-corrected chi connectivity index (χ3v) is 4.22. The van der Waals surface area contributed by atoms with Crippen molar-refractivity contribution < 1.29 is 9.59 Å². The summed E-state index contributed by atoms with van der Waals surface area (Å²) in [5, 5.41) is 5.67. The van der Waals surface area contributed by atoms with Crippen molar-refractivity contribution in [2.75, 3.05) is 10.6 Å². The number of hydrogen-bond acceptors (Lipinski definition) is 2. The summed E-state index contributed by atoms with van der Waals surface area (Å²) in [6.07, 6.45) is 3.45. The molecule has 0 aliphatic rings. The van der Waals surface area contributed by atoms with E-state index in [1.165, 1.54) is 0 Å². The molecule has 0 aliphatic heterocycles. The predicted molar refractivity (Wildman–Crippen MR) is 115 cm³/mol. The van der Waals surface area contributed by atoms with E-state index in [0.717, 1.165) is 11.1 Å². The average molecular weight is 368 g/mol. The van der Waals surface area contributed by atoms with E-state index in [2.05, 4.69) is 23.8 Å². The Hall–Kier alpha value is -3.92. The van der Waals surface area contributed by atoms with Crippen LogP contribution in [0.2, 0.25) is 0 Å². The van der Waals surface area contributed by atoms with Gasteiger partial charge in [-0.25, -0.2) is 0 Å². The van der Waals surface area contributed by atoms with Crippen LogP contribution in [0, 0.1) is 0 Å². The summed E-state index contributed by atoms with van der Waals surface area (Å²) in [5.74, 6) is -0.399. The van der Waals surface area contributed by atoms with Crippen LogP contribution in [-0.2, 0) is 0 Å². The van der Waals surface area contributed by atoms with Gasteiger partial charge in [0.2, 0.25) is 0 Å². The van der Waals surface area contributed by atoms with E-state index in [9.17, 15) is 9.59 Å². The highest BCUT2D eigenvalue weighted by molar-refractivity contribution is 6.05. The second-order valence-corrected chi connectivity index (χ2v) is 6.14. The summed E-state index contributed by atoms with van der Waals surface area (Å²) in [6, 6.07) is 21.3. The number of anilines is 2. The molecule has 0 aliphatic carbocycles. The van der Waals surface area contributed by atoms with Crippen LogP contribution in [0.15, 0.2) is 86.0 Å². The van der Waals surface area contributed by atoms with Gasteiger partial charge in [0.25, 0.3) is 11.8 Å². The van der Waals surface area contributed by atoms with Crippen molar-refractivity contribution in [3.63, 3.8) is 0 Å². The minimum absolute atomic E-state index is 0.199. The van der Waals surface area contributed by atoms with Gasteiger partial charge in [-0.1, -0.05) is 49.6 Å². The van der Waals surface area contributed by atoms with Gasteiger partial charge in [-0.2, -0.15) is 0 Å². The zero-order valence-corrected chi connectivity index (χ0v) is 15.3. The highest BCUT2D eigenvalue weighted by Gasteiger charge is 2.08. The van der Waals surface area contributed by atoms with E-state index in [4.69, 9.17) is 0 Å². The van der Waals surface area contributed by atoms with Crippen molar-refractivity contribution in [3.8, 4) is 0 Å². The number of amides is 2. The smallest absolute Gasteiger partial charge is 0.255 e. The van der Waals surface area contributed by atoms with Crippen molar-refractivity contribution >= 4 is 35.3 Å². The van der Waals surface area contributed by atoms with Crippen molar-refractivity contribution in [1.82, 2.24) is 0 Å². The summed E-state index contributed by atoms with van der Waals surface area (Å²) < 4.78 is 0. The lowest BCUT2D eigenvalue weighted by atomic mass is 10.1. The molecule has 0 saturated carbocycles. The molecule has 0 radical (unpaired) electrons. The summed E-state index contributed by atoms with van der Waals surface area (Å²) >= 11 is 0. The second kappa shape index (κ2) is 8.64. The van der Waals surface area contributed by atoms with Crippen molar-refractivity contribution in [1.29, 1.82) is 0 Å². The first-order chi connectivity index (χ1) is 13.6. The van der Waals surface area contributed by atoms with Crippen molar-refractivity contribution in [2.45, 2.75) is 0 Å². The average Bonchev–Trinajstić information content (AvgIpc) is 2.75. The molecule has 3 rings (SSSR count). The first kappa shape index (κ1) is 18.9. The molecule has 0 spiro atoms. The highest BCUT2D eigenvalue weighted by atomic mass is 16.2. The van der Waals surface area contributed by atoms with E-state index >= 15 is 0 Å². The molecule has 2 amide bonds. The van der Waals surface area contributed by atoms with Gasteiger partial charge in [-0.3, -0.25) is 9.59 Å². The van der Waals surface area contributed by atoms with Gasteiger partial charge >= 0.3 is 0 Å². The summed E-state index contributed by atoms with van der Waals surface area (Å²) in [5.41, 5.74) is 4.32. The standard InChI is InChI=1S/C24H20N2O2/c1-3-17-5-9-19(10-6-17)23(27)25-21-13-15-22(16-14-21)26-24(28)20-11-7-18(4-2)8-12-20/h3-16H,1-2H2,(H,25,27)(H,26,28). The van der Waals surface area contributed by atoms with Gasteiger partial charge in [0.15, 0.2) is 0 Å². The lowest BCUT2D eigenvalue weighted by molar-refractivity contribution is 0.101. The molecule has 0 atom stereocenters. The Labute approximate surface area is 164 Å². The SMILES string of the molecule is C=Cc1ccc(C(=O)Nc2ccc(NC(=O)c3ccc(C=C)cc3)cc2)cc1. The molecule has 3 aromatic carbocycles. The van der Waals surface area contributed by atoms with Crippen LogP contribution in [-0.4, -0.2) is 11.8 Å². The number of rotatable bonds is 6. The molecule has 0 saturated heterocycles. The molecule has 138 valence electrons. The zero-order chi connectivity index (χ0) is 19.9. The van der Waals surface area contributed by atoms with Crippen LogP contribution in [0.25, 0.3) is 12.2 Å². The summed E-state index contributed by atoms with van der Waals surface area (Å²) in [7, 11) is 0. The number of carbonyl (C=O) groups excluding carboxylic acids is 2. The van der Waals surface area contributed by atoms with Gasteiger partial charge in [-0.05, 0) is 59.7 Å². The van der Waals surface area contributed by atoms with Crippen LogP contribution in [0.4, 0.5) is 11.4 Å². The molecule has 4 heteroatoms. The Morgan fingerprint density at radius 1 is 0.571 bits per heavy atom. The number of carbonyl (C=O) groups is 2. The van der Waals surface area contributed by atoms with E-state index in [1.54, 1.807) is 60.7 Å². The molecule has 0 aromatic heterocycles. The van der Waals surface area contributed by atoms with Crippen molar-refractivity contribution in [3.05, 3.63) is 108 Å². The lowest BCUT2D eigenvalue weighted by Gasteiger charge is -2.08. The number of benzene rings is 3. The summed E-state index contributed by atoms with van der Waals surface area (Å²) in [4.78, 5) is 24.6. The van der Waals surface area contributed by atoms with Crippen LogP contribution in [0.1, 0.15) is 31.8 Å². The fourth-order valence-electron chi connectivity index (χ4n) is 2.58. The minimum atomic E-state index is -0.199.